The Hall–Kier alpha value is -4.35. The topological polar surface area (TPSA) is 209 Å². The molecule has 4 rings (SSSR count). The summed E-state index contributed by atoms with van der Waals surface area (Å²) in [5, 5.41) is 12.9. The summed E-state index contributed by atoms with van der Waals surface area (Å²) in [5.41, 5.74) is 3.41. The summed E-state index contributed by atoms with van der Waals surface area (Å²) in [5.74, 6) is -1.05. The lowest BCUT2D eigenvalue weighted by Crippen LogP contribution is -2.32. The summed E-state index contributed by atoms with van der Waals surface area (Å²) in [6, 6.07) is 13.3. The fourth-order valence-corrected chi connectivity index (χ4v) is 8.76. The van der Waals surface area contributed by atoms with E-state index in [2.05, 4.69) is 31.0 Å². The maximum absolute atomic E-state index is 13.7. The lowest BCUT2D eigenvalue weighted by atomic mass is 9.75. The Morgan fingerprint density at radius 1 is 1.00 bits per heavy atom. The minimum absolute atomic E-state index is 0.0464. The van der Waals surface area contributed by atoms with Gasteiger partial charge in [-0.1, -0.05) is 39.3 Å². The molecule has 1 aromatic rings. The summed E-state index contributed by atoms with van der Waals surface area (Å²) in [6.45, 7) is 12.2. The maximum atomic E-state index is 13.7. The van der Waals surface area contributed by atoms with Gasteiger partial charge in [-0.25, -0.2) is 21.4 Å². The number of carbonyl (C=O) groups is 2. The number of fused-ring (bicyclic) bond motifs is 2. The number of amides is 1. The van der Waals surface area contributed by atoms with Crippen LogP contribution in [0.1, 0.15) is 107 Å². The average molecular weight is 857 g/mol. The molecule has 2 N–H and O–H groups in total. The summed E-state index contributed by atoms with van der Waals surface area (Å²) < 4.78 is 82.8. The van der Waals surface area contributed by atoms with Gasteiger partial charge in [-0.2, -0.15) is 0 Å². The predicted octanol–water partition coefficient (Wildman–Crippen LogP) is 5.43. The predicted molar refractivity (Wildman–Crippen MR) is 226 cm³/mol. The van der Waals surface area contributed by atoms with E-state index in [1.807, 2.05) is 67.0 Å². The molecule has 14 nitrogen and oxygen atoms in total. The molecule has 2 heterocycles. The number of hydrogen-bond donors (Lipinski definition) is 2. The number of nitrogens with zero attached hydrogens (tertiary/aromatic N) is 2. The number of nitrogens with one attached hydrogen (secondary N) is 1. The summed E-state index contributed by atoms with van der Waals surface area (Å²) >= 11 is 0. The van der Waals surface area contributed by atoms with Crippen LogP contribution in [0, 0.1) is 0 Å². The van der Waals surface area contributed by atoms with Gasteiger partial charge in [-0.05, 0) is 86.9 Å². The van der Waals surface area contributed by atoms with Crippen LogP contribution in [0.25, 0.3) is 17.4 Å². The Morgan fingerprint density at radius 2 is 1.71 bits per heavy atom. The number of methoxy groups -OCH3 is 1. The zero-order valence-electron chi connectivity index (χ0n) is 34.9. The highest BCUT2D eigenvalue weighted by Gasteiger charge is 2.45. The molecular formula is C43H58N3O11S2-. The van der Waals surface area contributed by atoms with Crippen LogP contribution in [0.2, 0.25) is 0 Å². The highest BCUT2D eigenvalue weighted by molar-refractivity contribution is 7.85. The molecule has 0 bridgehead atoms. The Bertz CT molecular complexity index is 2290. The second-order valence-corrected chi connectivity index (χ2v) is 19.1. The smallest absolute Gasteiger partial charge is 0.303 e. The van der Waals surface area contributed by atoms with Crippen LogP contribution in [0.3, 0.4) is 0 Å². The van der Waals surface area contributed by atoms with E-state index < -0.39 is 43.1 Å². The molecule has 3 aliphatic rings. The van der Waals surface area contributed by atoms with E-state index >= 15 is 0 Å². The van der Waals surface area contributed by atoms with E-state index in [1.54, 1.807) is 12.1 Å². The zero-order valence-corrected chi connectivity index (χ0v) is 36.5. The first-order valence-corrected chi connectivity index (χ1v) is 23.2. The van der Waals surface area contributed by atoms with E-state index in [0.717, 1.165) is 27.9 Å². The first kappa shape index (κ1) is 47.3. The van der Waals surface area contributed by atoms with Crippen molar-refractivity contribution in [3.63, 3.8) is 0 Å². The minimum Gasteiger partial charge on any atom is -0.748 e. The molecule has 16 heteroatoms. The van der Waals surface area contributed by atoms with Gasteiger partial charge >= 0.3 is 5.97 Å². The number of aliphatic carboxylic acids is 1. The van der Waals surface area contributed by atoms with Crippen molar-refractivity contribution in [2.24, 2.45) is 0 Å². The number of ether oxygens (including phenoxy) is 1. The quantitative estimate of drug-likeness (QED) is 0.0781. The molecule has 0 radical (unpaired) electrons. The average Bonchev–Trinajstić information content (AvgIpc) is 3.37. The Balaban J connectivity index is 1.87. The van der Waals surface area contributed by atoms with Crippen molar-refractivity contribution >= 4 is 43.9 Å². The molecule has 1 aliphatic carbocycles. The van der Waals surface area contributed by atoms with Crippen LogP contribution in [0.4, 0.5) is 5.69 Å². The van der Waals surface area contributed by atoms with Crippen LogP contribution in [0.15, 0.2) is 64.7 Å². The molecule has 0 saturated heterocycles. The van der Waals surface area contributed by atoms with E-state index in [0.29, 0.717) is 68.2 Å². The molecule has 1 atom stereocenters. The number of carbonyl (C=O) groups excluding carboxylic acids is 1. The molecule has 1 amide bonds. The SMILES string of the molecule is CC[N+](CCCS(=O)(=O)[O-])=c1ccc2c(C(C)(C)C)cc(/C=C/C=C3/N(CCCCCC(=O)O)c4cccc(C(=O)NCCOC)c4C3(C)CCCS(=O)(=O)[O-])oc-2c1. The molecule has 2 aliphatic heterocycles. The number of anilines is 1. The van der Waals surface area contributed by atoms with Gasteiger partial charge in [0.15, 0.2) is 0 Å². The van der Waals surface area contributed by atoms with Gasteiger partial charge in [0.1, 0.15) is 24.6 Å². The fraction of sp³-hybridized carbons (Fsp3) is 0.512. The monoisotopic (exact) mass is 856 g/mol. The molecule has 1 unspecified atom stereocenters. The lowest BCUT2D eigenvalue weighted by molar-refractivity contribution is -0.137. The van der Waals surface area contributed by atoms with Crippen molar-refractivity contribution in [1.29, 1.82) is 0 Å². The van der Waals surface area contributed by atoms with E-state index in [1.165, 1.54) is 7.11 Å². The number of rotatable bonds is 21. The summed E-state index contributed by atoms with van der Waals surface area (Å²) in [6.07, 6.45) is 7.91. The summed E-state index contributed by atoms with van der Waals surface area (Å²) in [4.78, 5) is 27.0. The second kappa shape index (κ2) is 20.3. The zero-order chi connectivity index (χ0) is 43.6. The molecule has 324 valence electrons. The van der Waals surface area contributed by atoms with Crippen LogP contribution in [-0.4, -0.2) is 94.3 Å². The Kier molecular flexibility index (Phi) is 16.3. The van der Waals surface area contributed by atoms with Crippen molar-refractivity contribution in [3.8, 4) is 11.3 Å². The number of carboxylic acid groups (broad SMARTS) is 1. The molecule has 0 fully saturated rings. The normalized spacial score (nSPS) is 17.2. The van der Waals surface area contributed by atoms with Crippen molar-refractivity contribution in [2.45, 2.75) is 90.4 Å². The van der Waals surface area contributed by atoms with Crippen LogP contribution in [0.5, 0.6) is 0 Å². The van der Waals surface area contributed by atoms with E-state index in [4.69, 9.17) is 9.15 Å². The van der Waals surface area contributed by atoms with Gasteiger partial charge < -0.3 is 33.6 Å². The van der Waals surface area contributed by atoms with Gasteiger partial charge in [-0.3, -0.25) is 9.59 Å². The molecule has 1 aromatic carbocycles. The second-order valence-electron chi connectivity index (χ2n) is 16.1. The van der Waals surface area contributed by atoms with Gasteiger partial charge in [0.25, 0.3) is 5.91 Å². The van der Waals surface area contributed by atoms with Crippen LogP contribution in [-0.2, 0) is 40.6 Å². The van der Waals surface area contributed by atoms with Crippen molar-refractivity contribution < 1.29 is 49.8 Å². The lowest BCUT2D eigenvalue weighted by Gasteiger charge is -2.31. The van der Waals surface area contributed by atoms with E-state index in [-0.39, 0.29) is 43.6 Å². The third kappa shape index (κ3) is 13.1. The van der Waals surface area contributed by atoms with E-state index in [9.17, 15) is 40.6 Å². The number of carboxylic acids is 1. The first-order valence-electron chi connectivity index (χ1n) is 20.0. The third-order valence-corrected chi connectivity index (χ3v) is 12.2. The summed E-state index contributed by atoms with van der Waals surface area (Å²) in [7, 11) is -7.31. The molecule has 0 aromatic heterocycles. The Labute approximate surface area is 348 Å². The van der Waals surface area contributed by atoms with Gasteiger partial charge in [0.05, 0.1) is 32.9 Å². The molecule has 59 heavy (non-hydrogen) atoms. The van der Waals surface area contributed by atoms with Gasteiger partial charge in [-0.15, -0.1) is 0 Å². The van der Waals surface area contributed by atoms with Crippen LogP contribution >= 0.6 is 0 Å². The highest BCUT2D eigenvalue weighted by atomic mass is 32.2. The fourth-order valence-electron chi connectivity index (χ4n) is 7.77. The first-order chi connectivity index (χ1) is 27.7. The molecule has 0 saturated carbocycles. The Morgan fingerprint density at radius 3 is 2.36 bits per heavy atom. The number of hydrogen-bond acceptors (Lipinski definition) is 11. The van der Waals surface area contributed by atoms with Crippen molar-refractivity contribution in [1.82, 2.24) is 9.89 Å². The van der Waals surface area contributed by atoms with Crippen LogP contribution < -0.4 is 20.1 Å². The molecular weight excluding hydrogens is 799 g/mol. The van der Waals surface area contributed by atoms with Gasteiger partial charge in [0, 0.05) is 84.1 Å². The standard InChI is InChI=1S/C43H59N3O11S2/c1-7-45(24-14-28-59(53,54)55)31-20-21-33-35(42(2,3)4)30-32(57-37(33)29-31)15-11-18-38-43(5,22-13-27-58(50,51)52)40-34(41(49)44-23-26-56-6)16-12-17-36(40)46(38)25-10-8-9-19-39(47)48/h11-12,15-18,20-21,29-30H,7-10,13-14,19,22-28H2,1-6H3,(H3-,44,47,48,49,50,51,52,53,54,55)/p-1. The molecule has 0 spiro atoms. The third-order valence-electron chi connectivity index (χ3n) is 10.6. The number of allylic oxidation sites excluding steroid dienone is 3. The highest BCUT2D eigenvalue weighted by Crippen LogP contribution is 2.52. The van der Waals surface area contributed by atoms with Crippen molar-refractivity contribution in [2.75, 3.05) is 56.3 Å². The largest absolute Gasteiger partial charge is 0.748 e. The minimum atomic E-state index is -4.52. The number of benzene rings is 2. The maximum Gasteiger partial charge on any atom is 0.303 e. The van der Waals surface area contributed by atoms with Crippen molar-refractivity contribution in [3.05, 3.63) is 88.1 Å². The van der Waals surface area contributed by atoms with Gasteiger partial charge in [0.2, 0.25) is 5.36 Å². The number of unbranched alkanes of at least 4 members (excludes halogenated alkanes) is 2.